The molecule has 1 aromatic heterocycles. The molecule has 0 unspecified atom stereocenters. The van der Waals surface area contributed by atoms with Gasteiger partial charge in [0.15, 0.2) is 11.8 Å². The smallest absolute Gasteiger partial charge is 0.223 e. The highest BCUT2D eigenvalue weighted by Crippen LogP contribution is 2.07. The minimum absolute atomic E-state index is 0. The van der Waals surface area contributed by atoms with Gasteiger partial charge in [-0.2, -0.15) is 4.98 Å². The molecule has 0 saturated heterocycles. The van der Waals surface area contributed by atoms with Crippen LogP contribution in [0.2, 0.25) is 0 Å². The molecule has 0 amide bonds. The van der Waals surface area contributed by atoms with Crippen molar-refractivity contribution < 1.29 is 4.52 Å². The minimum atomic E-state index is 0. The Morgan fingerprint density at radius 2 is 1.67 bits per heavy atom. The topological polar surface area (TPSA) is 75.3 Å². The number of unbranched alkanes of at least 4 members (excludes halogenated alkanes) is 7. The zero-order valence-electron chi connectivity index (χ0n) is 15.4. The van der Waals surface area contributed by atoms with Crippen molar-refractivity contribution in [1.29, 1.82) is 0 Å². The van der Waals surface area contributed by atoms with Gasteiger partial charge >= 0.3 is 0 Å². The van der Waals surface area contributed by atoms with Crippen molar-refractivity contribution in [3.63, 3.8) is 0 Å². The fraction of sp³-hybridized carbons (Fsp3) is 0.824. The molecular weight excluding hydrogens is 417 g/mol. The maximum atomic E-state index is 4.95. The molecule has 1 aromatic rings. The van der Waals surface area contributed by atoms with Crippen molar-refractivity contribution >= 4 is 29.9 Å². The molecular formula is C17H34IN5O. The predicted octanol–water partition coefficient (Wildman–Crippen LogP) is 4.19. The summed E-state index contributed by atoms with van der Waals surface area (Å²) >= 11 is 0. The van der Waals surface area contributed by atoms with Crippen LogP contribution in [-0.2, 0) is 6.54 Å². The van der Waals surface area contributed by atoms with Crippen LogP contribution in [0, 0.1) is 6.92 Å². The average Bonchev–Trinajstić information content (AvgIpc) is 2.96. The maximum Gasteiger partial charge on any atom is 0.223 e. The molecule has 0 radical (unpaired) electrons. The van der Waals surface area contributed by atoms with E-state index in [9.17, 15) is 0 Å². The van der Waals surface area contributed by atoms with Gasteiger partial charge < -0.3 is 15.2 Å². The molecule has 0 aromatic carbocycles. The Morgan fingerprint density at radius 3 is 2.25 bits per heavy atom. The zero-order chi connectivity index (χ0) is 16.8. The number of aryl methyl sites for hydroxylation is 1. The van der Waals surface area contributed by atoms with Gasteiger partial charge in [-0.3, -0.25) is 0 Å². The van der Waals surface area contributed by atoms with Gasteiger partial charge in [0.1, 0.15) is 6.54 Å². The van der Waals surface area contributed by atoms with Gasteiger partial charge in [-0.15, -0.1) is 24.0 Å². The third kappa shape index (κ3) is 11.6. The number of aromatic nitrogens is 2. The first kappa shape index (κ1) is 23.1. The summed E-state index contributed by atoms with van der Waals surface area (Å²) in [5.41, 5.74) is 0. The zero-order valence-corrected chi connectivity index (χ0v) is 17.8. The molecule has 0 atom stereocenters. The van der Waals surface area contributed by atoms with Gasteiger partial charge in [0.2, 0.25) is 5.89 Å². The molecule has 1 heterocycles. The molecule has 2 N–H and O–H groups in total. The van der Waals surface area contributed by atoms with E-state index in [1.807, 2.05) is 0 Å². The second-order valence-electron chi connectivity index (χ2n) is 5.83. The van der Waals surface area contributed by atoms with Gasteiger partial charge in [0.05, 0.1) is 0 Å². The molecule has 0 bridgehead atoms. The third-order valence-electron chi connectivity index (χ3n) is 3.62. The molecule has 0 fully saturated rings. The summed E-state index contributed by atoms with van der Waals surface area (Å²) in [5.74, 6) is 2.01. The second kappa shape index (κ2) is 15.7. The predicted molar refractivity (Wildman–Crippen MR) is 110 cm³/mol. The van der Waals surface area contributed by atoms with Gasteiger partial charge in [-0.25, -0.2) is 4.99 Å². The molecule has 140 valence electrons. The lowest BCUT2D eigenvalue weighted by Crippen LogP contribution is -2.37. The highest BCUT2D eigenvalue weighted by atomic mass is 127. The van der Waals surface area contributed by atoms with Crippen LogP contribution in [0.4, 0.5) is 0 Å². The lowest BCUT2D eigenvalue weighted by atomic mass is 10.1. The molecule has 0 saturated carbocycles. The van der Waals surface area contributed by atoms with Crippen LogP contribution in [0.1, 0.15) is 76.9 Å². The minimum Gasteiger partial charge on any atom is -0.357 e. The second-order valence-corrected chi connectivity index (χ2v) is 5.83. The van der Waals surface area contributed by atoms with E-state index < -0.39 is 0 Å². The van der Waals surface area contributed by atoms with Crippen LogP contribution < -0.4 is 10.6 Å². The van der Waals surface area contributed by atoms with Gasteiger partial charge in [0.25, 0.3) is 0 Å². The number of hydrogen-bond acceptors (Lipinski definition) is 4. The largest absolute Gasteiger partial charge is 0.357 e. The summed E-state index contributed by atoms with van der Waals surface area (Å²) in [4.78, 5) is 8.63. The van der Waals surface area contributed by atoms with E-state index in [-0.39, 0.29) is 24.0 Å². The van der Waals surface area contributed by atoms with Gasteiger partial charge in [-0.05, 0) is 13.3 Å². The molecule has 0 spiro atoms. The average molecular weight is 451 g/mol. The number of nitrogens with zero attached hydrogens (tertiary/aromatic N) is 3. The van der Waals surface area contributed by atoms with Crippen molar-refractivity contribution in [2.45, 2.75) is 78.7 Å². The molecule has 24 heavy (non-hydrogen) atoms. The standard InChI is InChI=1S/C17H33N5O.HI/c1-4-6-7-8-9-10-11-12-13-19-17(18-5-2)20-14-16-21-15(3)23-22-16;/h4-14H2,1-3H3,(H2,18,19,20);1H. The number of rotatable bonds is 12. The first-order chi connectivity index (χ1) is 11.3. The SMILES string of the molecule is CCCCCCCCCCNC(=NCc1noc(C)n1)NCC.I. The first-order valence-corrected chi connectivity index (χ1v) is 9.07. The van der Waals surface area contributed by atoms with E-state index >= 15 is 0 Å². The Bertz CT molecular complexity index is 436. The van der Waals surface area contributed by atoms with E-state index in [4.69, 9.17) is 4.52 Å². The molecule has 1 rings (SSSR count). The van der Waals surface area contributed by atoms with Crippen LogP contribution in [0.25, 0.3) is 0 Å². The van der Waals surface area contributed by atoms with Crippen LogP contribution in [0.5, 0.6) is 0 Å². The summed E-state index contributed by atoms with van der Waals surface area (Å²) in [5, 5.41) is 10.4. The highest BCUT2D eigenvalue weighted by Gasteiger charge is 2.02. The fourth-order valence-corrected chi connectivity index (χ4v) is 2.36. The van der Waals surface area contributed by atoms with Crippen molar-refractivity contribution in [1.82, 2.24) is 20.8 Å². The quantitative estimate of drug-likeness (QED) is 0.216. The third-order valence-corrected chi connectivity index (χ3v) is 3.62. The number of nitrogens with one attached hydrogen (secondary N) is 2. The van der Waals surface area contributed by atoms with E-state index in [0.29, 0.717) is 18.3 Å². The Kier molecular flexibility index (Phi) is 15.1. The lowest BCUT2D eigenvalue weighted by molar-refractivity contribution is 0.387. The van der Waals surface area contributed by atoms with E-state index in [0.717, 1.165) is 19.0 Å². The number of halogens is 1. The summed E-state index contributed by atoms with van der Waals surface area (Å²) in [6.07, 6.45) is 10.6. The van der Waals surface area contributed by atoms with Crippen LogP contribution >= 0.6 is 24.0 Å². The molecule has 0 aliphatic rings. The first-order valence-electron chi connectivity index (χ1n) is 9.07. The molecule has 0 aliphatic carbocycles. The Balaban J connectivity index is 0.00000529. The molecule has 0 aliphatic heterocycles. The number of aliphatic imine (C=N–C) groups is 1. The Labute approximate surface area is 163 Å². The molecule has 7 heteroatoms. The van der Waals surface area contributed by atoms with Crippen molar-refractivity contribution in [2.24, 2.45) is 4.99 Å². The van der Waals surface area contributed by atoms with Crippen molar-refractivity contribution in [3.8, 4) is 0 Å². The van der Waals surface area contributed by atoms with Crippen molar-refractivity contribution in [3.05, 3.63) is 11.7 Å². The fourth-order valence-electron chi connectivity index (χ4n) is 2.36. The van der Waals surface area contributed by atoms with Crippen LogP contribution in [0.3, 0.4) is 0 Å². The highest BCUT2D eigenvalue weighted by molar-refractivity contribution is 14.0. The van der Waals surface area contributed by atoms with Crippen molar-refractivity contribution in [2.75, 3.05) is 13.1 Å². The van der Waals surface area contributed by atoms with Crippen LogP contribution in [-0.4, -0.2) is 29.2 Å². The monoisotopic (exact) mass is 451 g/mol. The maximum absolute atomic E-state index is 4.95. The van der Waals surface area contributed by atoms with Gasteiger partial charge in [-0.1, -0.05) is 57.0 Å². The summed E-state index contributed by atoms with van der Waals surface area (Å²) < 4.78 is 4.95. The summed E-state index contributed by atoms with van der Waals surface area (Å²) in [6.45, 7) is 8.33. The summed E-state index contributed by atoms with van der Waals surface area (Å²) in [7, 11) is 0. The Morgan fingerprint density at radius 1 is 1.00 bits per heavy atom. The van der Waals surface area contributed by atoms with E-state index in [2.05, 4.69) is 39.6 Å². The van der Waals surface area contributed by atoms with E-state index in [1.54, 1.807) is 6.92 Å². The number of guanidine groups is 1. The number of hydrogen-bond donors (Lipinski definition) is 2. The summed E-state index contributed by atoms with van der Waals surface area (Å²) in [6, 6.07) is 0. The Hall–Kier alpha value is -0.860. The molecule has 6 nitrogen and oxygen atoms in total. The van der Waals surface area contributed by atoms with Gasteiger partial charge in [0, 0.05) is 20.0 Å². The lowest BCUT2D eigenvalue weighted by Gasteiger charge is -2.10. The van der Waals surface area contributed by atoms with Crippen LogP contribution in [0.15, 0.2) is 9.52 Å². The normalized spacial score (nSPS) is 11.2. The van der Waals surface area contributed by atoms with E-state index in [1.165, 1.54) is 51.4 Å².